The number of hydrogen-bond acceptors (Lipinski definition) is 8. The molecule has 3 aromatic carbocycles. The van der Waals surface area contributed by atoms with Gasteiger partial charge in [-0.1, -0.05) is 51.1 Å². The van der Waals surface area contributed by atoms with Crippen molar-refractivity contribution in [1.29, 1.82) is 0 Å². The van der Waals surface area contributed by atoms with Crippen LogP contribution in [0.5, 0.6) is 17.2 Å². The maximum absolute atomic E-state index is 13.5. The highest BCUT2D eigenvalue weighted by Crippen LogP contribution is 2.44. The van der Waals surface area contributed by atoms with Crippen LogP contribution in [0.15, 0.2) is 91.3 Å². The normalized spacial score (nSPS) is 13.0. The molecule has 0 bridgehead atoms. The molecule has 0 unspecified atom stereocenters. The number of carbonyl (C=O) groups is 2. The number of ether oxygens (including phenoxy) is 3. The molecule has 0 saturated carbocycles. The molecule has 48 heavy (non-hydrogen) atoms. The van der Waals surface area contributed by atoms with Crippen molar-refractivity contribution in [2.45, 2.75) is 38.8 Å². The zero-order valence-corrected chi connectivity index (χ0v) is 27.3. The molecule has 1 aliphatic heterocycles. The van der Waals surface area contributed by atoms with Crippen LogP contribution in [0.2, 0.25) is 0 Å². The van der Waals surface area contributed by atoms with E-state index in [4.69, 9.17) is 19.9 Å². The summed E-state index contributed by atoms with van der Waals surface area (Å²) in [6, 6.07) is 23.3. The molecule has 11 nitrogen and oxygen atoms in total. The number of aromatic nitrogens is 2. The number of primary amides is 1. The molecule has 2 aromatic heterocycles. The molecule has 246 valence electrons. The van der Waals surface area contributed by atoms with Gasteiger partial charge in [0.15, 0.2) is 5.75 Å². The average Bonchev–Trinajstić information content (AvgIpc) is 3.06. The van der Waals surface area contributed by atoms with Gasteiger partial charge in [0, 0.05) is 29.2 Å². The molecule has 4 N–H and O–H groups in total. The van der Waals surface area contributed by atoms with E-state index >= 15 is 0 Å². The van der Waals surface area contributed by atoms with Crippen molar-refractivity contribution in [2.24, 2.45) is 5.73 Å². The molecule has 0 spiro atoms. The Morgan fingerprint density at radius 3 is 2.38 bits per heavy atom. The van der Waals surface area contributed by atoms with Crippen LogP contribution in [0.4, 0.5) is 22.0 Å². The number of anilines is 3. The molecule has 6 rings (SSSR count). The highest BCUT2D eigenvalue weighted by molar-refractivity contribution is 6.11. The Balaban J connectivity index is 1.39. The summed E-state index contributed by atoms with van der Waals surface area (Å²) in [5.74, 6) is 1.68. The molecule has 1 fully saturated rings. The first kappa shape index (κ1) is 32.3. The number of amides is 3. The van der Waals surface area contributed by atoms with Gasteiger partial charge in [-0.25, -0.2) is 9.78 Å². The second kappa shape index (κ2) is 13.6. The van der Waals surface area contributed by atoms with Gasteiger partial charge >= 0.3 is 6.03 Å². The van der Waals surface area contributed by atoms with Crippen LogP contribution in [-0.2, 0) is 16.7 Å². The molecular weight excluding hydrogens is 608 g/mol. The van der Waals surface area contributed by atoms with Gasteiger partial charge in [-0.2, -0.15) is 0 Å². The molecule has 3 heterocycles. The topological polar surface area (TPSA) is 141 Å². The zero-order chi connectivity index (χ0) is 33.8. The standard InChI is InChI=1S/C37H38N6O5/c1-37(2,3)23-17-29(35(44)42-25-21-47-22-25)34(46-4)31(18-23)43(36(38)45)30-12-13-32(28-11-6-5-10-27(28)30)48-26-14-16-40-33(19-26)41-20-24-9-7-8-15-39-24/h5-19,25H,20-22H2,1-4H3,(H2,38,45)(H,40,41)(H,42,44). The number of rotatable bonds is 10. The number of carbonyl (C=O) groups excluding carboxylic acids is 2. The van der Waals surface area contributed by atoms with Crippen molar-refractivity contribution in [2.75, 3.05) is 30.5 Å². The zero-order valence-electron chi connectivity index (χ0n) is 27.3. The first-order valence-electron chi connectivity index (χ1n) is 15.6. The number of fused-ring (bicyclic) bond motifs is 1. The summed E-state index contributed by atoms with van der Waals surface area (Å²) in [5, 5.41) is 7.72. The SMILES string of the molecule is COc1c(C(=O)NC2COC2)cc(C(C)(C)C)cc1N(C(N)=O)c1ccc(Oc2ccnc(NCc3ccccn3)c2)c2ccccc12. The van der Waals surface area contributed by atoms with E-state index < -0.39 is 6.03 Å². The predicted octanol–water partition coefficient (Wildman–Crippen LogP) is 6.69. The summed E-state index contributed by atoms with van der Waals surface area (Å²) in [7, 11) is 1.47. The van der Waals surface area contributed by atoms with Gasteiger partial charge in [0.05, 0.1) is 55.5 Å². The van der Waals surface area contributed by atoms with Gasteiger partial charge < -0.3 is 30.6 Å². The van der Waals surface area contributed by atoms with E-state index in [1.165, 1.54) is 12.0 Å². The van der Waals surface area contributed by atoms with Crippen molar-refractivity contribution in [3.8, 4) is 17.2 Å². The fourth-order valence-electron chi connectivity index (χ4n) is 5.47. The van der Waals surface area contributed by atoms with Gasteiger partial charge in [0.25, 0.3) is 5.91 Å². The Hall–Kier alpha value is -5.68. The van der Waals surface area contributed by atoms with E-state index in [2.05, 4.69) is 20.6 Å². The maximum Gasteiger partial charge on any atom is 0.324 e. The van der Waals surface area contributed by atoms with Gasteiger partial charge in [-0.3, -0.25) is 14.7 Å². The third kappa shape index (κ3) is 6.86. The Bertz CT molecular complexity index is 1960. The minimum absolute atomic E-state index is 0.0965. The van der Waals surface area contributed by atoms with Crippen LogP contribution >= 0.6 is 0 Å². The monoisotopic (exact) mass is 646 g/mol. The summed E-state index contributed by atoms with van der Waals surface area (Å²) in [6.07, 6.45) is 3.42. The van der Waals surface area contributed by atoms with Crippen molar-refractivity contribution < 1.29 is 23.8 Å². The number of nitrogens with zero attached hydrogens (tertiary/aromatic N) is 3. The largest absolute Gasteiger partial charge is 0.494 e. The minimum Gasteiger partial charge on any atom is -0.494 e. The Morgan fingerprint density at radius 2 is 1.71 bits per heavy atom. The summed E-state index contributed by atoms with van der Waals surface area (Å²) < 4.78 is 17.5. The number of benzene rings is 3. The van der Waals surface area contributed by atoms with Crippen LogP contribution < -0.4 is 30.7 Å². The van der Waals surface area contributed by atoms with Crippen LogP contribution in [0.3, 0.4) is 0 Å². The van der Waals surface area contributed by atoms with E-state index in [9.17, 15) is 9.59 Å². The van der Waals surface area contributed by atoms with Gasteiger partial charge in [0.2, 0.25) is 0 Å². The van der Waals surface area contributed by atoms with E-state index in [0.717, 1.165) is 16.6 Å². The fraction of sp³-hybridized carbons (Fsp3) is 0.243. The predicted molar refractivity (Wildman–Crippen MR) is 185 cm³/mol. The molecule has 0 aliphatic carbocycles. The quantitative estimate of drug-likeness (QED) is 0.153. The molecule has 1 aliphatic rings. The van der Waals surface area contributed by atoms with Crippen molar-refractivity contribution in [3.05, 3.63) is 108 Å². The minimum atomic E-state index is -0.741. The maximum atomic E-state index is 13.5. The summed E-state index contributed by atoms with van der Waals surface area (Å²) in [5.41, 5.74) is 8.62. The van der Waals surface area contributed by atoms with Crippen LogP contribution in [-0.4, -0.2) is 48.3 Å². The van der Waals surface area contributed by atoms with Crippen LogP contribution in [0.1, 0.15) is 42.4 Å². The first-order chi connectivity index (χ1) is 23.1. The second-order valence-electron chi connectivity index (χ2n) is 12.5. The van der Waals surface area contributed by atoms with Crippen LogP contribution in [0.25, 0.3) is 10.8 Å². The second-order valence-corrected chi connectivity index (χ2v) is 12.5. The van der Waals surface area contributed by atoms with E-state index in [1.807, 2.05) is 75.4 Å². The summed E-state index contributed by atoms with van der Waals surface area (Å²) in [4.78, 5) is 37.1. The molecular formula is C37H38N6O5. The number of nitrogens with one attached hydrogen (secondary N) is 2. The van der Waals surface area contributed by atoms with Gasteiger partial charge in [-0.15, -0.1) is 0 Å². The van der Waals surface area contributed by atoms with Crippen LogP contribution in [0, 0.1) is 0 Å². The lowest BCUT2D eigenvalue weighted by Gasteiger charge is -2.30. The summed E-state index contributed by atoms with van der Waals surface area (Å²) >= 11 is 0. The van der Waals surface area contributed by atoms with Crippen molar-refractivity contribution >= 4 is 39.9 Å². The number of urea groups is 1. The third-order valence-corrected chi connectivity index (χ3v) is 8.06. The Kier molecular flexibility index (Phi) is 9.13. The van der Waals surface area contributed by atoms with E-state index in [-0.39, 0.29) is 23.1 Å². The first-order valence-corrected chi connectivity index (χ1v) is 15.6. The molecule has 0 atom stereocenters. The molecule has 11 heteroatoms. The van der Waals surface area contributed by atoms with Gasteiger partial charge in [0.1, 0.15) is 17.3 Å². The Morgan fingerprint density at radius 1 is 0.938 bits per heavy atom. The number of methoxy groups -OCH3 is 1. The van der Waals surface area contributed by atoms with E-state index in [1.54, 1.807) is 36.7 Å². The Labute approximate surface area is 279 Å². The molecule has 0 radical (unpaired) electrons. The lowest BCUT2D eigenvalue weighted by atomic mass is 9.85. The van der Waals surface area contributed by atoms with Crippen molar-refractivity contribution in [1.82, 2.24) is 15.3 Å². The molecule has 1 saturated heterocycles. The number of pyridine rings is 2. The third-order valence-electron chi connectivity index (χ3n) is 8.06. The molecule has 3 amide bonds. The number of nitrogens with two attached hydrogens (primary N) is 1. The number of hydrogen-bond donors (Lipinski definition) is 3. The smallest absolute Gasteiger partial charge is 0.324 e. The van der Waals surface area contributed by atoms with Gasteiger partial charge in [-0.05, 0) is 53.4 Å². The lowest BCUT2D eigenvalue weighted by Crippen LogP contribution is -2.48. The highest BCUT2D eigenvalue weighted by atomic mass is 16.5. The summed E-state index contributed by atoms with van der Waals surface area (Å²) in [6.45, 7) is 7.50. The van der Waals surface area contributed by atoms with E-state index in [0.29, 0.717) is 59.4 Å². The lowest BCUT2D eigenvalue weighted by molar-refractivity contribution is -0.00350. The highest BCUT2D eigenvalue weighted by Gasteiger charge is 2.31. The van der Waals surface area contributed by atoms with Crippen molar-refractivity contribution in [3.63, 3.8) is 0 Å². The average molecular weight is 647 g/mol. The molecule has 5 aromatic rings. The fourth-order valence-corrected chi connectivity index (χ4v) is 5.47.